The molecular formula is C21H25BrN2O2. The fraction of sp³-hybridized carbons (Fsp3) is 0.333. The molecule has 0 heterocycles. The first-order chi connectivity index (χ1) is 12.2. The van der Waals surface area contributed by atoms with Crippen LogP contribution in [0.15, 0.2) is 53.0 Å². The van der Waals surface area contributed by atoms with Crippen molar-refractivity contribution in [1.82, 2.24) is 10.6 Å². The van der Waals surface area contributed by atoms with E-state index in [0.717, 1.165) is 15.6 Å². The van der Waals surface area contributed by atoms with Gasteiger partial charge in [-0.2, -0.15) is 0 Å². The highest BCUT2D eigenvalue weighted by atomic mass is 79.9. The molecule has 0 fully saturated rings. The van der Waals surface area contributed by atoms with E-state index >= 15 is 0 Å². The lowest BCUT2D eigenvalue weighted by Crippen LogP contribution is -2.38. The topological polar surface area (TPSA) is 58.2 Å². The lowest BCUT2D eigenvalue weighted by Gasteiger charge is -2.19. The Bertz CT molecular complexity index is 779. The Morgan fingerprint density at radius 2 is 1.65 bits per heavy atom. The van der Waals surface area contributed by atoms with Crippen LogP contribution in [-0.4, -0.2) is 18.4 Å². The van der Waals surface area contributed by atoms with Gasteiger partial charge in [0, 0.05) is 10.0 Å². The first kappa shape index (κ1) is 20.2. The van der Waals surface area contributed by atoms with Crippen LogP contribution in [0.4, 0.5) is 0 Å². The maximum Gasteiger partial charge on any atom is 0.251 e. The molecule has 2 N–H and O–H groups in total. The SMILES string of the molecule is CC(NC(=O)CNC(=O)c1ccc(C(C)(C)C)cc1)c1ccccc1Br. The summed E-state index contributed by atoms with van der Waals surface area (Å²) in [5, 5.41) is 5.55. The predicted molar refractivity (Wildman–Crippen MR) is 108 cm³/mol. The van der Waals surface area contributed by atoms with E-state index < -0.39 is 0 Å². The van der Waals surface area contributed by atoms with Crippen LogP contribution in [-0.2, 0) is 10.2 Å². The number of hydrogen-bond acceptors (Lipinski definition) is 2. The predicted octanol–water partition coefficient (Wildman–Crippen LogP) is 4.35. The monoisotopic (exact) mass is 416 g/mol. The van der Waals surface area contributed by atoms with E-state index in [-0.39, 0.29) is 29.8 Å². The quantitative estimate of drug-likeness (QED) is 0.760. The zero-order valence-electron chi connectivity index (χ0n) is 15.6. The molecular weight excluding hydrogens is 392 g/mol. The summed E-state index contributed by atoms with van der Waals surface area (Å²) in [4.78, 5) is 24.3. The zero-order chi connectivity index (χ0) is 19.3. The van der Waals surface area contributed by atoms with Gasteiger partial charge in [-0.05, 0) is 41.7 Å². The summed E-state index contributed by atoms with van der Waals surface area (Å²) in [6.45, 7) is 8.22. The molecule has 0 aliphatic rings. The summed E-state index contributed by atoms with van der Waals surface area (Å²) < 4.78 is 0.941. The Morgan fingerprint density at radius 3 is 2.23 bits per heavy atom. The van der Waals surface area contributed by atoms with Crippen molar-refractivity contribution in [3.05, 3.63) is 69.7 Å². The smallest absolute Gasteiger partial charge is 0.251 e. The van der Waals surface area contributed by atoms with Gasteiger partial charge in [0.05, 0.1) is 12.6 Å². The maximum atomic E-state index is 12.2. The number of carbonyl (C=O) groups is 2. The third-order valence-corrected chi connectivity index (χ3v) is 4.89. The average Bonchev–Trinajstić information content (AvgIpc) is 2.59. The Morgan fingerprint density at radius 1 is 1.04 bits per heavy atom. The second-order valence-corrected chi connectivity index (χ2v) is 8.18. The molecule has 2 aromatic rings. The van der Waals surface area contributed by atoms with Crippen LogP contribution in [0.25, 0.3) is 0 Å². The molecule has 0 aliphatic heterocycles. The molecule has 0 bridgehead atoms. The van der Waals surface area contributed by atoms with Crippen LogP contribution in [0.1, 0.15) is 55.2 Å². The minimum Gasteiger partial charge on any atom is -0.348 e. The maximum absolute atomic E-state index is 12.2. The molecule has 26 heavy (non-hydrogen) atoms. The van der Waals surface area contributed by atoms with Gasteiger partial charge in [-0.25, -0.2) is 0 Å². The van der Waals surface area contributed by atoms with Crippen molar-refractivity contribution < 1.29 is 9.59 Å². The van der Waals surface area contributed by atoms with Crippen molar-refractivity contribution in [2.24, 2.45) is 0 Å². The van der Waals surface area contributed by atoms with E-state index in [0.29, 0.717) is 5.56 Å². The minimum absolute atomic E-state index is 0.0384. The van der Waals surface area contributed by atoms with Crippen molar-refractivity contribution in [2.75, 3.05) is 6.54 Å². The van der Waals surface area contributed by atoms with E-state index in [4.69, 9.17) is 0 Å². The van der Waals surface area contributed by atoms with Crippen LogP contribution in [0.5, 0.6) is 0 Å². The molecule has 5 heteroatoms. The van der Waals surface area contributed by atoms with Crippen LogP contribution < -0.4 is 10.6 Å². The highest BCUT2D eigenvalue weighted by molar-refractivity contribution is 9.10. The molecule has 138 valence electrons. The van der Waals surface area contributed by atoms with Gasteiger partial charge in [-0.1, -0.05) is 67.0 Å². The Kier molecular flexibility index (Phi) is 6.59. The van der Waals surface area contributed by atoms with E-state index in [1.165, 1.54) is 0 Å². The molecule has 0 saturated carbocycles. The number of amides is 2. The third kappa shape index (κ3) is 5.43. The van der Waals surface area contributed by atoms with Crippen molar-refractivity contribution >= 4 is 27.7 Å². The Labute approximate surface area is 163 Å². The van der Waals surface area contributed by atoms with E-state index in [1.807, 2.05) is 43.3 Å². The normalized spacial score (nSPS) is 12.3. The fourth-order valence-electron chi connectivity index (χ4n) is 2.58. The number of hydrogen-bond donors (Lipinski definition) is 2. The number of benzene rings is 2. The van der Waals surface area contributed by atoms with Gasteiger partial charge in [0.25, 0.3) is 5.91 Å². The van der Waals surface area contributed by atoms with E-state index in [2.05, 4.69) is 47.3 Å². The number of nitrogens with one attached hydrogen (secondary N) is 2. The van der Waals surface area contributed by atoms with Crippen LogP contribution in [0, 0.1) is 0 Å². The van der Waals surface area contributed by atoms with Crippen molar-refractivity contribution in [3.63, 3.8) is 0 Å². The molecule has 0 aromatic heterocycles. The van der Waals surface area contributed by atoms with Crippen LogP contribution in [0.2, 0.25) is 0 Å². The Balaban J connectivity index is 1.89. The van der Waals surface area contributed by atoms with E-state index in [9.17, 15) is 9.59 Å². The Hall–Kier alpha value is -2.14. The summed E-state index contributed by atoms with van der Waals surface area (Å²) in [6, 6.07) is 15.1. The van der Waals surface area contributed by atoms with Crippen molar-refractivity contribution in [2.45, 2.75) is 39.2 Å². The highest BCUT2D eigenvalue weighted by Gasteiger charge is 2.15. The number of halogens is 1. The zero-order valence-corrected chi connectivity index (χ0v) is 17.2. The van der Waals surface area contributed by atoms with Gasteiger partial charge in [0.1, 0.15) is 0 Å². The van der Waals surface area contributed by atoms with Gasteiger partial charge in [0.15, 0.2) is 0 Å². The lowest BCUT2D eigenvalue weighted by molar-refractivity contribution is -0.120. The molecule has 1 atom stereocenters. The fourth-order valence-corrected chi connectivity index (χ4v) is 3.21. The summed E-state index contributed by atoms with van der Waals surface area (Å²) >= 11 is 3.48. The summed E-state index contributed by atoms with van der Waals surface area (Å²) in [7, 11) is 0. The molecule has 2 rings (SSSR count). The highest BCUT2D eigenvalue weighted by Crippen LogP contribution is 2.23. The van der Waals surface area contributed by atoms with Crippen molar-refractivity contribution in [3.8, 4) is 0 Å². The third-order valence-electron chi connectivity index (χ3n) is 4.17. The summed E-state index contributed by atoms with van der Waals surface area (Å²) in [5.41, 5.74) is 2.74. The first-order valence-corrected chi connectivity index (χ1v) is 9.40. The van der Waals surface area contributed by atoms with Crippen LogP contribution >= 0.6 is 15.9 Å². The molecule has 0 aliphatic carbocycles. The van der Waals surface area contributed by atoms with Gasteiger partial charge < -0.3 is 10.6 Å². The molecule has 2 aromatic carbocycles. The average molecular weight is 417 g/mol. The van der Waals surface area contributed by atoms with E-state index in [1.54, 1.807) is 12.1 Å². The lowest BCUT2D eigenvalue weighted by atomic mass is 9.87. The molecule has 0 spiro atoms. The molecule has 1 unspecified atom stereocenters. The molecule has 0 saturated heterocycles. The number of carbonyl (C=O) groups excluding carboxylic acids is 2. The van der Waals surface area contributed by atoms with Gasteiger partial charge in [-0.3, -0.25) is 9.59 Å². The minimum atomic E-state index is -0.255. The largest absolute Gasteiger partial charge is 0.348 e. The van der Waals surface area contributed by atoms with Gasteiger partial charge in [-0.15, -0.1) is 0 Å². The molecule has 2 amide bonds. The standard InChI is InChI=1S/C21H25BrN2O2/c1-14(17-7-5-6-8-18(17)22)24-19(25)13-23-20(26)15-9-11-16(12-10-15)21(2,3)4/h5-12,14H,13H2,1-4H3,(H,23,26)(H,24,25). The van der Waals surface area contributed by atoms with Gasteiger partial charge in [0.2, 0.25) is 5.91 Å². The summed E-state index contributed by atoms with van der Waals surface area (Å²) in [5.74, 6) is -0.484. The van der Waals surface area contributed by atoms with Gasteiger partial charge >= 0.3 is 0 Å². The summed E-state index contributed by atoms with van der Waals surface area (Å²) in [6.07, 6.45) is 0. The van der Waals surface area contributed by atoms with Crippen molar-refractivity contribution in [1.29, 1.82) is 0 Å². The second kappa shape index (κ2) is 8.49. The molecule has 4 nitrogen and oxygen atoms in total. The number of rotatable bonds is 5. The molecule has 0 radical (unpaired) electrons. The second-order valence-electron chi connectivity index (χ2n) is 7.32. The first-order valence-electron chi connectivity index (χ1n) is 8.61. The van der Waals surface area contributed by atoms with Crippen LogP contribution in [0.3, 0.4) is 0 Å².